The lowest BCUT2D eigenvalue weighted by molar-refractivity contribution is 1.20. The van der Waals surface area contributed by atoms with Crippen molar-refractivity contribution in [1.82, 2.24) is 4.57 Å². The van der Waals surface area contributed by atoms with Gasteiger partial charge in [0, 0.05) is 41.7 Å². The molecule has 4 heteroatoms. The van der Waals surface area contributed by atoms with E-state index >= 15 is 0 Å². The molecule has 190 valence electrons. The van der Waals surface area contributed by atoms with Crippen LogP contribution in [0.3, 0.4) is 0 Å². The number of benzene rings is 6. The summed E-state index contributed by atoms with van der Waals surface area (Å²) in [5.74, 6) is 0. The molecule has 9 rings (SSSR count). The summed E-state index contributed by atoms with van der Waals surface area (Å²) in [7, 11) is 0. The molecule has 0 aliphatic heterocycles. The summed E-state index contributed by atoms with van der Waals surface area (Å²) in [6.07, 6.45) is 0. The Labute approximate surface area is 243 Å². The Balaban J connectivity index is 1.32. The van der Waals surface area contributed by atoms with Gasteiger partial charge in [-0.25, -0.2) is 0 Å². The standard InChI is InChI=1S/C37H20N2S2/c38-21-24-18-23(22-16-17-35-29(19-22)27-10-3-6-15-34(27)40-35)20-30-28-11-7-14-33(37(28)41-36(24)30)39-31-12-4-1-8-25(31)26-9-2-5-13-32(26)39/h1-20H. The SMILES string of the molecule is N#Cc1cc(-c2ccc3sc4ccccc4c3c2)cc2c1sc1c(-n3c4ccccc4c4ccccc43)cccc12. The average Bonchev–Trinajstić information content (AvgIpc) is 3.70. The van der Waals surface area contributed by atoms with E-state index < -0.39 is 0 Å². The van der Waals surface area contributed by atoms with Crippen LogP contribution in [0.1, 0.15) is 5.56 Å². The van der Waals surface area contributed by atoms with Crippen molar-refractivity contribution in [3.05, 3.63) is 127 Å². The molecule has 0 radical (unpaired) electrons. The lowest BCUT2D eigenvalue weighted by Gasteiger charge is -2.09. The first-order valence-corrected chi connectivity index (χ1v) is 15.2. The summed E-state index contributed by atoms with van der Waals surface area (Å²) in [6.45, 7) is 0. The van der Waals surface area contributed by atoms with Gasteiger partial charge < -0.3 is 4.57 Å². The Bertz CT molecular complexity index is 2500. The molecule has 3 aromatic heterocycles. The highest BCUT2D eigenvalue weighted by Crippen LogP contribution is 2.44. The van der Waals surface area contributed by atoms with Crippen molar-refractivity contribution < 1.29 is 0 Å². The number of rotatable bonds is 2. The number of hydrogen-bond acceptors (Lipinski definition) is 3. The maximum atomic E-state index is 10.3. The first-order chi connectivity index (χ1) is 20.3. The van der Waals surface area contributed by atoms with Crippen molar-refractivity contribution in [1.29, 1.82) is 5.26 Å². The fourth-order valence-electron chi connectivity index (χ4n) is 6.40. The van der Waals surface area contributed by atoms with E-state index in [1.165, 1.54) is 52.1 Å². The Kier molecular flexibility index (Phi) is 4.74. The summed E-state index contributed by atoms with van der Waals surface area (Å²) >= 11 is 3.55. The number of fused-ring (bicyclic) bond motifs is 9. The molecule has 0 aliphatic rings. The largest absolute Gasteiger partial charge is 0.308 e. The van der Waals surface area contributed by atoms with Crippen LogP contribution in [-0.4, -0.2) is 4.57 Å². The van der Waals surface area contributed by atoms with Gasteiger partial charge in [0.15, 0.2) is 0 Å². The highest BCUT2D eigenvalue weighted by Gasteiger charge is 2.18. The zero-order chi connectivity index (χ0) is 27.1. The molecule has 0 amide bonds. The number of nitriles is 1. The number of nitrogens with zero attached hydrogens (tertiary/aromatic N) is 2. The summed E-state index contributed by atoms with van der Waals surface area (Å²) in [6, 6.07) is 45.9. The van der Waals surface area contributed by atoms with Gasteiger partial charge in [0.25, 0.3) is 0 Å². The van der Waals surface area contributed by atoms with E-state index in [1.807, 2.05) is 11.3 Å². The van der Waals surface area contributed by atoms with E-state index in [2.05, 4.69) is 132 Å². The second-order valence-electron chi connectivity index (χ2n) is 10.4. The summed E-state index contributed by atoms with van der Waals surface area (Å²) in [5, 5.41) is 17.7. The smallest absolute Gasteiger partial charge is 0.101 e. The summed E-state index contributed by atoms with van der Waals surface area (Å²) in [5.41, 5.74) is 6.47. The average molecular weight is 557 g/mol. The Hall–Kier alpha value is -4.95. The highest BCUT2D eigenvalue weighted by atomic mass is 32.1. The van der Waals surface area contributed by atoms with Gasteiger partial charge in [-0.1, -0.05) is 72.8 Å². The van der Waals surface area contributed by atoms with E-state index in [-0.39, 0.29) is 0 Å². The molecule has 6 aromatic carbocycles. The van der Waals surface area contributed by atoms with Crippen LogP contribution < -0.4 is 0 Å². The molecule has 3 heterocycles. The molecule has 41 heavy (non-hydrogen) atoms. The molecule has 0 atom stereocenters. The molecule has 0 aliphatic carbocycles. The first-order valence-electron chi connectivity index (χ1n) is 13.6. The van der Waals surface area contributed by atoms with Gasteiger partial charge in [0.1, 0.15) is 6.07 Å². The summed E-state index contributed by atoms with van der Waals surface area (Å²) < 4.78 is 7.20. The van der Waals surface area contributed by atoms with Crippen molar-refractivity contribution in [2.45, 2.75) is 0 Å². The maximum absolute atomic E-state index is 10.3. The number of thiophene rings is 2. The third-order valence-electron chi connectivity index (χ3n) is 8.23. The molecule has 0 spiro atoms. The highest BCUT2D eigenvalue weighted by molar-refractivity contribution is 7.26. The van der Waals surface area contributed by atoms with E-state index in [9.17, 15) is 5.26 Å². The van der Waals surface area contributed by atoms with Crippen LogP contribution in [-0.2, 0) is 0 Å². The second-order valence-corrected chi connectivity index (χ2v) is 12.6. The van der Waals surface area contributed by atoms with E-state index in [4.69, 9.17) is 0 Å². The normalized spacial score (nSPS) is 11.9. The minimum Gasteiger partial charge on any atom is -0.308 e. The molecular formula is C37H20N2S2. The van der Waals surface area contributed by atoms with Gasteiger partial charge in [0.05, 0.1) is 31.7 Å². The van der Waals surface area contributed by atoms with Crippen molar-refractivity contribution in [2.75, 3.05) is 0 Å². The lowest BCUT2D eigenvalue weighted by atomic mass is 9.98. The van der Waals surface area contributed by atoms with Crippen LogP contribution in [0.2, 0.25) is 0 Å². The Morgan fingerprint density at radius 1 is 0.488 bits per heavy atom. The van der Waals surface area contributed by atoms with E-state index in [0.717, 1.165) is 32.5 Å². The van der Waals surface area contributed by atoms with Crippen molar-refractivity contribution in [3.63, 3.8) is 0 Å². The fraction of sp³-hybridized carbons (Fsp3) is 0. The molecule has 9 aromatic rings. The number of hydrogen-bond donors (Lipinski definition) is 0. The molecule has 0 saturated heterocycles. The van der Waals surface area contributed by atoms with Crippen molar-refractivity contribution in [3.8, 4) is 22.9 Å². The van der Waals surface area contributed by atoms with Crippen LogP contribution in [0.4, 0.5) is 0 Å². The van der Waals surface area contributed by atoms with Gasteiger partial charge in [-0.3, -0.25) is 0 Å². The predicted molar refractivity (Wildman–Crippen MR) is 177 cm³/mol. The topological polar surface area (TPSA) is 28.7 Å². The fourth-order valence-corrected chi connectivity index (χ4v) is 8.73. The van der Waals surface area contributed by atoms with Crippen LogP contribution >= 0.6 is 22.7 Å². The second kappa shape index (κ2) is 8.52. The van der Waals surface area contributed by atoms with Crippen LogP contribution in [0.5, 0.6) is 0 Å². The van der Waals surface area contributed by atoms with Gasteiger partial charge in [-0.15, -0.1) is 22.7 Å². The third-order valence-corrected chi connectivity index (χ3v) is 10.7. The molecule has 2 nitrogen and oxygen atoms in total. The molecule has 0 unspecified atom stereocenters. The first kappa shape index (κ1) is 22.8. The molecule has 0 fully saturated rings. The van der Waals surface area contributed by atoms with Gasteiger partial charge in [-0.2, -0.15) is 5.26 Å². The van der Waals surface area contributed by atoms with Gasteiger partial charge >= 0.3 is 0 Å². The van der Waals surface area contributed by atoms with Crippen LogP contribution in [0, 0.1) is 11.3 Å². The maximum Gasteiger partial charge on any atom is 0.101 e. The zero-order valence-electron chi connectivity index (χ0n) is 21.8. The molecule has 0 bridgehead atoms. The minimum atomic E-state index is 0.724. The van der Waals surface area contributed by atoms with Crippen molar-refractivity contribution in [2.24, 2.45) is 0 Å². The van der Waals surface area contributed by atoms with Crippen LogP contribution in [0.15, 0.2) is 121 Å². The monoisotopic (exact) mass is 556 g/mol. The van der Waals surface area contributed by atoms with E-state index in [1.54, 1.807) is 11.3 Å². The molecule has 0 saturated carbocycles. The number of aromatic nitrogens is 1. The zero-order valence-corrected chi connectivity index (χ0v) is 23.4. The predicted octanol–water partition coefficient (Wildman–Crippen LogP) is 11.1. The minimum absolute atomic E-state index is 0.724. The Morgan fingerprint density at radius 2 is 1.15 bits per heavy atom. The molecule has 0 N–H and O–H groups in total. The number of para-hydroxylation sites is 2. The van der Waals surface area contributed by atoms with Gasteiger partial charge in [-0.05, 0) is 59.7 Å². The third kappa shape index (κ3) is 3.22. The summed E-state index contributed by atoms with van der Waals surface area (Å²) in [4.78, 5) is 0. The lowest BCUT2D eigenvalue weighted by Crippen LogP contribution is -1.93. The molecular weight excluding hydrogens is 537 g/mol. The quantitative estimate of drug-likeness (QED) is 0.208. The van der Waals surface area contributed by atoms with Crippen molar-refractivity contribution >= 4 is 84.8 Å². The Morgan fingerprint density at radius 3 is 1.93 bits per heavy atom. The van der Waals surface area contributed by atoms with E-state index in [0.29, 0.717) is 0 Å². The van der Waals surface area contributed by atoms with Gasteiger partial charge in [0.2, 0.25) is 0 Å². The van der Waals surface area contributed by atoms with Crippen LogP contribution in [0.25, 0.3) is 79.0 Å².